The first-order valence-corrected chi connectivity index (χ1v) is 13.6. The van der Waals surface area contributed by atoms with E-state index < -0.39 is 47.3 Å². The molecule has 1 aromatic rings. The number of carbonyl (C=O) groups is 2. The standard InChI is InChI=1S/C30H33F5O5/c1-27-14-23(18-5-3-17(4-6-18)15-40-16-25(37)39-2)26-21-10-8-20(36)13-19(21)7-9-22(26)24(27)11-12-28(27,38)29(31,32)30(33,34)35/h3-6,13,22-24,38H,7-12,14-16H2,1-2H3/t22?,23-,24?,27+,28+/m1/s1. The SMILES string of the molecule is COC(=O)COCc1ccc([C@H]2C[C@@]3(C)C(CC[C@@]3(O)C(F)(F)C(F)(F)F)C3CCC4=CC(=O)CCC4=C32)cc1. The zero-order valence-corrected chi connectivity index (χ0v) is 22.5. The predicted octanol–water partition coefficient (Wildman–Crippen LogP) is 6.20. The minimum absolute atomic E-state index is 0.0337. The molecule has 0 heterocycles. The summed E-state index contributed by atoms with van der Waals surface area (Å²) in [6.07, 6.45) is -2.94. The Morgan fingerprint density at radius 1 is 1.07 bits per heavy atom. The van der Waals surface area contributed by atoms with Crippen LogP contribution in [0.15, 0.2) is 47.1 Å². The minimum atomic E-state index is -5.88. The fourth-order valence-corrected chi connectivity index (χ4v) is 7.87. The highest BCUT2D eigenvalue weighted by Gasteiger charge is 2.79. The van der Waals surface area contributed by atoms with Crippen LogP contribution in [0, 0.1) is 17.3 Å². The number of fused-ring (bicyclic) bond motifs is 4. The molecule has 1 N–H and O–H groups in total. The molecule has 5 nitrogen and oxygen atoms in total. The van der Waals surface area contributed by atoms with Gasteiger partial charge in [0.15, 0.2) is 5.78 Å². The maximum atomic E-state index is 15.1. The zero-order chi connectivity index (χ0) is 29.1. The quantitative estimate of drug-likeness (QED) is 0.327. The average Bonchev–Trinajstić information content (AvgIpc) is 3.19. The van der Waals surface area contributed by atoms with Crippen molar-refractivity contribution in [2.45, 2.75) is 82.1 Å². The van der Waals surface area contributed by atoms with Crippen molar-refractivity contribution in [3.8, 4) is 0 Å². The number of hydrogen-bond donors (Lipinski definition) is 1. The number of allylic oxidation sites excluding steroid dienone is 4. The number of aliphatic hydroxyl groups is 1. The lowest BCUT2D eigenvalue weighted by Crippen LogP contribution is -2.65. The van der Waals surface area contributed by atoms with E-state index in [1.54, 1.807) is 30.3 Å². The van der Waals surface area contributed by atoms with Crippen molar-refractivity contribution in [2.75, 3.05) is 13.7 Å². The highest BCUT2D eigenvalue weighted by Crippen LogP contribution is 2.70. The van der Waals surface area contributed by atoms with Gasteiger partial charge in [-0.2, -0.15) is 22.0 Å². The number of alkyl halides is 5. The summed E-state index contributed by atoms with van der Waals surface area (Å²) in [5, 5.41) is 11.3. The summed E-state index contributed by atoms with van der Waals surface area (Å²) in [5.74, 6) is -7.08. The zero-order valence-electron chi connectivity index (χ0n) is 22.5. The van der Waals surface area contributed by atoms with Gasteiger partial charge in [-0.25, -0.2) is 4.79 Å². The lowest BCUT2D eigenvalue weighted by molar-refractivity contribution is -0.362. The average molecular weight is 569 g/mol. The molecule has 5 rings (SSSR count). The fraction of sp³-hybridized carbons (Fsp3) is 0.600. The molecule has 0 aromatic heterocycles. The summed E-state index contributed by atoms with van der Waals surface area (Å²) in [6.45, 7) is 1.31. The van der Waals surface area contributed by atoms with E-state index in [2.05, 4.69) is 4.74 Å². The first kappa shape index (κ1) is 28.9. The smallest absolute Gasteiger partial charge is 0.456 e. The number of benzene rings is 1. The van der Waals surface area contributed by atoms with Gasteiger partial charge in [0.1, 0.15) is 12.2 Å². The highest BCUT2D eigenvalue weighted by atomic mass is 19.4. The molecule has 40 heavy (non-hydrogen) atoms. The molecule has 5 atom stereocenters. The number of methoxy groups -OCH3 is 1. The summed E-state index contributed by atoms with van der Waals surface area (Å²) in [5.41, 5.74) is -0.482. The fourth-order valence-electron chi connectivity index (χ4n) is 7.87. The van der Waals surface area contributed by atoms with E-state index in [0.29, 0.717) is 25.7 Å². The molecular formula is C30H33F5O5. The summed E-state index contributed by atoms with van der Waals surface area (Å²) in [6, 6.07) is 7.15. The van der Waals surface area contributed by atoms with Crippen molar-refractivity contribution in [3.05, 3.63) is 58.2 Å². The van der Waals surface area contributed by atoms with E-state index in [1.165, 1.54) is 14.0 Å². The number of halogens is 5. The lowest BCUT2D eigenvalue weighted by atomic mass is 9.50. The van der Waals surface area contributed by atoms with Gasteiger partial charge >= 0.3 is 18.1 Å². The summed E-state index contributed by atoms with van der Waals surface area (Å²) < 4.78 is 81.1. The number of ether oxygens (including phenoxy) is 2. The molecule has 2 unspecified atom stereocenters. The molecule has 218 valence electrons. The highest BCUT2D eigenvalue weighted by molar-refractivity contribution is 5.93. The third-order valence-corrected chi connectivity index (χ3v) is 9.86. The normalized spacial score (nSPS) is 32.2. The number of esters is 1. The van der Waals surface area contributed by atoms with Gasteiger partial charge < -0.3 is 14.6 Å². The van der Waals surface area contributed by atoms with Gasteiger partial charge in [0.25, 0.3) is 0 Å². The van der Waals surface area contributed by atoms with Crippen molar-refractivity contribution in [1.82, 2.24) is 0 Å². The van der Waals surface area contributed by atoms with Crippen molar-refractivity contribution < 1.29 is 46.1 Å². The summed E-state index contributed by atoms with van der Waals surface area (Å²) in [4.78, 5) is 23.5. The molecule has 2 saturated carbocycles. The topological polar surface area (TPSA) is 72.8 Å². The second kappa shape index (κ2) is 10.0. The van der Waals surface area contributed by atoms with E-state index in [1.807, 2.05) is 0 Å². The van der Waals surface area contributed by atoms with Crippen molar-refractivity contribution in [1.29, 1.82) is 0 Å². The third-order valence-electron chi connectivity index (χ3n) is 9.86. The maximum Gasteiger partial charge on any atom is 0.456 e. The summed E-state index contributed by atoms with van der Waals surface area (Å²) in [7, 11) is 1.25. The Balaban J connectivity index is 1.56. The first-order valence-electron chi connectivity index (χ1n) is 13.6. The van der Waals surface area contributed by atoms with E-state index in [0.717, 1.165) is 27.8 Å². The molecule has 4 aliphatic carbocycles. The van der Waals surface area contributed by atoms with E-state index in [9.17, 15) is 27.9 Å². The van der Waals surface area contributed by atoms with Crippen LogP contribution in [0.1, 0.15) is 68.9 Å². The first-order chi connectivity index (χ1) is 18.7. The largest absolute Gasteiger partial charge is 0.467 e. The molecule has 0 radical (unpaired) electrons. The molecule has 0 saturated heterocycles. The predicted molar refractivity (Wildman–Crippen MR) is 134 cm³/mol. The minimum Gasteiger partial charge on any atom is -0.467 e. The number of ketones is 1. The van der Waals surface area contributed by atoms with Crippen LogP contribution >= 0.6 is 0 Å². The molecule has 4 aliphatic rings. The summed E-state index contributed by atoms with van der Waals surface area (Å²) >= 11 is 0. The van der Waals surface area contributed by atoms with Gasteiger partial charge in [0, 0.05) is 17.8 Å². The van der Waals surface area contributed by atoms with Crippen molar-refractivity contribution in [2.24, 2.45) is 17.3 Å². The van der Waals surface area contributed by atoms with Gasteiger partial charge in [-0.05, 0) is 78.7 Å². The van der Waals surface area contributed by atoms with Gasteiger partial charge in [0.2, 0.25) is 0 Å². The van der Waals surface area contributed by atoms with Gasteiger partial charge in [-0.15, -0.1) is 0 Å². The van der Waals surface area contributed by atoms with Crippen molar-refractivity contribution >= 4 is 11.8 Å². The van der Waals surface area contributed by atoms with Crippen LogP contribution in [0.25, 0.3) is 0 Å². The van der Waals surface area contributed by atoms with Crippen LogP contribution in [-0.4, -0.2) is 48.3 Å². The van der Waals surface area contributed by atoms with E-state index in [-0.39, 0.29) is 37.8 Å². The number of rotatable bonds is 6. The second-order valence-corrected chi connectivity index (χ2v) is 11.8. The van der Waals surface area contributed by atoms with Crippen LogP contribution in [0.4, 0.5) is 22.0 Å². The van der Waals surface area contributed by atoms with E-state index >= 15 is 8.78 Å². The molecule has 0 amide bonds. The molecule has 2 fully saturated rings. The Labute approximate surface area is 229 Å². The molecule has 0 aliphatic heterocycles. The Kier molecular flexibility index (Phi) is 7.26. The van der Waals surface area contributed by atoms with Gasteiger partial charge in [0.05, 0.1) is 13.7 Å². The van der Waals surface area contributed by atoms with Crippen LogP contribution in [0.5, 0.6) is 0 Å². The van der Waals surface area contributed by atoms with Crippen molar-refractivity contribution in [3.63, 3.8) is 0 Å². The molecule has 0 spiro atoms. The maximum absolute atomic E-state index is 15.1. The van der Waals surface area contributed by atoms with Crippen LogP contribution < -0.4 is 0 Å². The monoisotopic (exact) mass is 568 g/mol. The molecular weight excluding hydrogens is 535 g/mol. The molecule has 0 bridgehead atoms. The lowest BCUT2D eigenvalue weighted by Gasteiger charge is -2.56. The van der Waals surface area contributed by atoms with Gasteiger partial charge in [-0.1, -0.05) is 36.8 Å². The Morgan fingerprint density at radius 3 is 2.42 bits per heavy atom. The van der Waals surface area contributed by atoms with Crippen LogP contribution in [-0.2, 0) is 25.7 Å². The third kappa shape index (κ3) is 4.42. The molecule has 1 aromatic carbocycles. The second-order valence-electron chi connectivity index (χ2n) is 11.8. The van der Waals surface area contributed by atoms with E-state index in [4.69, 9.17) is 4.74 Å². The van der Waals surface area contributed by atoms with Crippen LogP contribution in [0.3, 0.4) is 0 Å². The number of carbonyl (C=O) groups excluding carboxylic acids is 2. The molecule has 10 heteroatoms. The number of hydrogen-bond acceptors (Lipinski definition) is 5. The van der Waals surface area contributed by atoms with Gasteiger partial charge in [-0.3, -0.25) is 4.79 Å². The van der Waals surface area contributed by atoms with Crippen LogP contribution in [0.2, 0.25) is 0 Å². The Hall–Kier alpha value is -2.59. The Morgan fingerprint density at radius 2 is 1.77 bits per heavy atom. The Bertz CT molecular complexity index is 1250.